The molecule has 0 aliphatic rings. The van der Waals surface area contributed by atoms with Crippen LogP contribution >= 0.6 is 0 Å². The third-order valence-corrected chi connectivity index (χ3v) is 2.43. The summed E-state index contributed by atoms with van der Waals surface area (Å²) in [6.45, 7) is 10.0. The van der Waals surface area contributed by atoms with Crippen LogP contribution in [0.15, 0.2) is 4.42 Å². The molecule has 16 heavy (non-hydrogen) atoms. The quantitative estimate of drug-likeness (QED) is 0.744. The van der Waals surface area contributed by atoms with E-state index in [1.54, 1.807) is 0 Å². The molecule has 1 atom stereocenters. The molecule has 0 saturated heterocycles. The molecule has 92 valence electrons. The molecule has 0 spiro atoms. The fraction of sp³-hybridized carbons (Fsp3) is 0.818. The predicted molar refractivity (Wildman–Crippen MR) is 64.2 cm³/mol. The molecule has 5 nitrogen and oxygen atoms in total. The monoisotopic (exact) mass is 226 g/mol. The maximum absolute atomic E-state index is 5.43. The molecular weight excluding hydrogens is 204 g/mol. The average molecular weight is 226 g/mol. The molecule has 0 aromatic carbocycles. The Bertz CT molecular complexity index is 298. The van der Waals surface area contributed by atoms with E-state index in [2.05, 4.69) is 48.5 Å². The van der Waals surface area contributed by atoms with Crippen LogP contribution < -0.4 is 10.6 Å². The zero-order chi connectivity index (χ0) is 12.0. The van der Waals surface area contributed by atoms with Gasteiger partial charge in [0.15, 0.2) is 0 Å². The first-order chi connectivity index (χ1) is 7.61. The topological polar surface area (TPSA) is 63.0 Å². The second-order valence-corrected chi connectivity index (χ2v) is 4.43. The molecule has 5 heteroatoms. The second kappa shape index (κ2) is 6.48. The molecule has 1 rings (SSSR count). The molecule has 1 aromatic heterocycles. The second-order valence-electron chi connectivity index (χ2n) is 4.43. The van der Waals surface area contributed by atoms with Crippen LogP contribution in [-0.4, -0.2) is 22.8 Å². The minimum Gasteiger partial charge on any atom is -0.407 e. The highest BCUT2D eigenvalue weighted by molar-refractivity contribution is 5.16. The Labute approximate surface area is 97.0 Å². The van der Waals surface area contributed by atoms with Crippen LogP contribution in [0.4, 0.5) is 6.01 Å². The Hall–Kier alpha value is -1.10. The predicted octanol–water partition coefficient (Wildman–Crippen LogP) is 2.03. The molecule has 0 amide bonds. The molecule has 0 aliphatic heterocycles. The third-order valence-electron chi connectivity index (χ3n) is 2.43. The van der Waals surface area contributed by atoms with Crippen LogP contribution in [0.3, 0.4) is 0 Å². The van der Waals surface area contributed by atoms with Crippen LogP contribution in [0.1, 0.15) is 40.0 Å². The Kier molecular flexibility index (Phi) is 5.25. The van der Waals surface area contributed by atoms with Crippen molar-refractivity contribution in [3.05, 3.63) is 5.89 Å². The van der Waals surface area contributed by atoms with Crippen molar-refractivity contribution in [1.82, 2.24) is 15.5 Å². The lowest BCUT2D eigenvalue weighted by Crippen LogP contribution is -2.21. The highest BCUT2D eigenvalue weighted by Gasteiger charge is 2.06. The lowest BCUT2D eigenvalue weighted by atomic mass is 10.1. The van der Waals surface area contributed by atoms with Crippen molar-refractivity contribution in [2.24, 2.45) is 5.92 Å². The number of hydrogen-bond acceptors (Lipinski definition) is 5. The fourth-order valence-corrected chi connectivity index (χ4v) is 1.09. The number of hydrogen-bond donors (Lipinski definition) is 2. The van der Waals surface area contributed by atoms with E-state index < -0.39 is 0 Å². The van der Waals surface area contributed by atoms with Crippen molar-refractivity contribution < 1.29 is 4.42 Å². The highest BCUT2D eigenvalue weighted by atomic mass is 16.4. The fourth-order valence-electron chi connectivity index (χ4n) is 1.09. The summed E-state index contributed by atoms with van der Waals surface area (Å²) < 4.78 is 5.43. The molecule has 0 aliphatic carbocycles. The van der Waals surface area contributed by atoms with Crippen molar-refractivity contribution in [3.63, 3.8) is 0 Å². The zero-order valence-electron chi connectivity index (χ0n) is 10.6. The minimum atomic E-state index is 0.420. The smallest absolute Gasteiger partial charge is 0.315 e. The van der Waals surface area contributed by atoms with Gasteiger partial charge in [0.2, 0.25) is 5.89 Å². The molecule has 0 bridgehead atoms. The van der Waals surface area contributed by atoms with E-state index in [9.17, 15) is 0 Å². The van der Waals surface area contributed by atoms with Gasteiger partial charge in [0.1, 0.15) is 0 Å². The van der Waals surface area contributed by atoms with Gasteiger partial charge in [-0.1, -0.05) is 39.2 Å². The highest BCUT2D eigenvalue weighted by Crippen LogP contribution is 2.07. The minimum absolute atomic E-state index is 0.420. The maximum Gasteiger partial charge on any atom is 0.315 e. The number of aromatic nitrogens is 2. The van der Waals surface area contributed by atoms with E-state index in [0.717, 1.165) is 13.0 Å². The molecule has 0 fully saturated rings. The van der Waals surface area contributed by atoms with Crippen LogP contribution in [0, 0.1) is 5.92 Å². The van der Waals surface area contributed by atoms with Crippen LogP contribution in [0.2, 0.25) is 0 Å². The summed E-state index contributed by atoms with van der Waals surface area (Å²) >= 11 is 0. The van der Waals surface area contributed by atoms with Crippen molar-refractivity contribution in [2.75, 3.05) is 11.9 Å². The van der Waals surface area contributed by atoms with E-state index >= 15 is 0 Å². The van der Waals surface area contributed by atoms with Crippen molar-refractivity contribution in [2.45, 2.75) is 46.7 Å². The van der Waals surface area contributed by atoms with Crippen LogP contribution in [0.25, 0.3) is 0 Å². The van der Waals surface area contributed by atoms with E-state index in [1.165, 1.54) is 0 Å². The van der Waals surface area contributed by atoms with Crippen molar-refractivity contribution in [3.8, 4) is 0 Å². The first-order valence-corrected chi connectivity index (χ1v) is 5.91. The van der Waals surface area contributed by atoms with Crippen molar-refractivity contribution >= 4 is 6.01 Å². The first-order valence-electron chi connectivity index (χ1n) is 5.91. The Morgan fingerprint density at radius 1 is 1.25 bits per heavy atom. The molecule has 1 heterocycles. The molecule has 2 N–H and O–H groups in total. The van der Waals surface area contributed by atoms with Gasteiger partial charge in [0.05, 0.1) is 6.54 Å². The standard InChI is InChI=1S/C11H22N4O/c1-5-9(4)6-13-11-15-14-10(16-11)7-12-8(2)3/h8-9,12H,5-7H2,1-4H3,(H,13,15). The van der Waals surface area contributed by atoms with Gasteiger partial charge in [0.25, 0.3) is 0 Å². The van der Waals surface area contributed by atoms with Crippen molar-refractivity contribution in [1.29, 1.82) is 0 Å². The molecule has 0 radical (unpaired) electrons. The molecule has 0 saturated carbocycles. The van der Waals surface area contributed by atoms with Gasteiger partial charge in [-0.3, -0.25) is 0 Å². The maximum atomic E-state index is 5.43. The first kappa shape index (κ1) is 13.0. The largest absolute Gasteiger partial charge is 0.407 e. The molecule has 1 aromatic rings. The molecular formula is C11H22N4O. The summed E-state index contributed by atoms with van der Waals surface area (Å²) in [5, 5.41) is 14.2. The molecule has 1 unspecified atom stereocenters. The normalized spacial score (nSPS) is 13.1. The van der Waals surface area contributed by atoms with Crippen LogP contribution in [-0.2, 0) is 6.54 Å². The van der Waals surface area contributed by atoms with E-state index in [-0.39, 0.29) is 0 Å². The lowest BCUT2D eigenvalue weighted by Gasteiger charge is -2.07. The van der Waals surface area contributed by atoms with Gasteiger partial charge < -0.3 is 15.1 Å². The van der Waals surface area contributed by atoms with E-state index in [1.807, 2.05) is 0 Å². The number of nitrogens with one attached hydrogen (secondary N) is 2. The summed E-state index contributed by atoms with van der Waals surface area (Å²) in [6.07, 6.45) is 1.14. The van der Waals surface area contributed by atoms with Gasteiger partial charge in [0, 0.05) is 12.6 Å². The summed E-state index contributed by atoms with van der Waals surface area (Å²) in [6, 6.07) is 0.935. The zero-order valence-corrected chi connectivity index (χ0v) is 10.6. The van der Waals surface area contributed by atoms with Gasteiger partial charge in [-0.05, 0) is 5.92 Å². The Morgan fingerprint density at radius 2 is 2.00 bits per heavy atom. The van der Waals surface area contributed by atoms with E-state index in [0.29, 0.717) is 30.4 Å². The SMILES string of the molecule is CCC(C)CNc1nnc(CNC(C)C)o1. The number of rotatable bonds is 7. The number of anilines is 1. The summed E-state index contributed by atoms with van der Waals surface area (Å²) in [5.41, 5.74) is 0. The number of nitrogens with zero attached hydrogens (tertiary/aromatic N) is 2. The van der Waals surface area contributed by atoms with Gasteiger partial charge in [-0.2, -0.15) is 0 Å². The summed E-state index contributed by atoms with van der Waals surface area (Å²) in [5.74, 6) is 1.24. The third kappa shape index (κ3) is 4.61. The van der Waals surface area contributed by atoms with Gasteiger partial charge in [-0.25, -0.2) is 0 Å². The van der Waals surface area contributed by atoms with Gasteiger partial charge in [-0.15, -0.1) is 5.10 Å². The summed E-state index contributed by atoms with van der Waals surface area (Å²) in [4.78, 5) is 0. The van der Waals surface area contributed by atoms with E-state index in [4.69, 9.17) is 4.42 Å². The average Bonchev–Trinajstić information content (AvgIpc) is 2.71. The Balaban J connectivity index is 2.33. The van der Waals surface area contributed by atoms with Gasteiger partial charge >= 0.3 is 6.01 Å². The summed E-state index contributed by atoms with van der Waals surface area (Å²) in [7, 11) is 0. The van der Waals surface area contributed by atoms with Crippen LogP contribution in [0.5, 0.6) is 0 Å². The Morgan fingerprint density at radius 3 is 2.62 bits per heavy atom. The lowest BCUT2D eigenvalue weighted by molar-refractivity contribution is 0.455.